The van der Waals surface area contributed by atoms with Crippen molar-refractivity contribution in [2.45, 2.75) is 30.9 Å². The molecule has 1 heterocycles. The minimum Gasteiger partial charge on any atom is -0.363 e. The molecule has 0 bridgehead atoms. The van der Waals surface area contributed by atoms with E-state index in [0.717, 1.165) is 6.54 Å². The number of hydrogen-bond acceptors (Lipinski definition) is 5. The molecule has 1 aliphatic carbocycles. The van der Waals surface area contributed by atoms with Gasteiger partial charge in [-0.15, -0.1) is 0 Å². The normalized spacial score (nSPS) is 17.3. The third kappa shape index (κ3) is 2.19. The second-order valence-corrected chi connectivity index (χ2v) is 6.02. The maximum Gasteiger partial charge on any atom is 0.406 e. The highest BCUT2D eigenvalue weighted by molar-refractivity contribution is 8.00. The zero-order chi connectivity index (χ0) is 13.3. The lowest BCUT2D eigenvalue weighted by Crippen LogP contribution is -2.40. The van der Waals surface area contributed by atoms with E-state index in [1.165, 1.54) is 19.3 Å². The van der Waals surface area contributed by atoms with Crippen molar-refractivity contribution in [3.05, 3.63) is 15.9 Å². The van der Waals surface area contributed by atoms with Crippen LogP contribution >= 0.6 is 11.8 Å². The van der Waals surface area contributed by atoms with Crippen molar-refractivity contribution >= 4 is 23.4 Å². The van der Waals surface area contributed by atoms with Gasteiger partial charge in [0.05, 0.1) is 0 Å². The van der Waals surface area contributed by atoms with Crippen LogP contribution in [0.4, 0.5) is 11.6 Å². The van der Waals surface area contributed by atoms with Crippen molar-refractivity contribution in [3.63, 3.8) is 0 Å². The van der Waals surface area contributed by atoms with Crippen LogP contribution in [0.25, 0.3) is 0 Å². The first-order chi connectivity index (χ1) is 8.49. The molecule has 1 aromatic heterocycles. The van der Waals surface area contributed by atoms with Crippen LogP contribution in [0.5, 0.6) is 0 Å². The average Bonchev–Trinajstić information content (AvgIpc) is 2.56. The average molecular weight is 270 g/mol. The molecule has 1 aromatic rings. The molecule has 0 saturated heterocycles. The lowest BCUT2D eigenvalue weighted by Gasteiger charge is -2.40. The summed E-state index contributed by atoms with van der Waals surface area (Å²) in [4.78, 5) is 14.5. The Bertz CT molecular complexity index is 462. The van der Waals surface area contributed by atoms with Gasteiger partial charge in [-0.1, -0.05) is 6.42 Å². The van der Waals surface area contributed by atoms with Crippen LogP contribution in [0, 0.1) is 17.0 Å². The monoisotopic (exact) mass is 270 g/mol. The van der Waals surface area contributed by atoms with Crippen LogP contribution in [0.2, 0.25) is 0 Å². The zero-order valence-corrected chi connectivity index (χ0v) is 11.7. The summed E-state index contributed by atoms with van der Waals surface area (Å²) in [5, 5.41) is 14.2. The van der Waals surface area contributed by atoms with Gasteiger partial charge in [-0.2, -0.15) is 11.8 Å². The molecule has 0 unspecified atom stereocenters. The van der Waals surface area contributed by atoms with E-state index in [0.29, 0.717) is 11.6 Å². The Balaban J connectivity index is 2.15. The van der Waals surface area contributed by atoms with Gasteiger partial charge in [-0.25, -0.2) is 0 Å². The van der Waals surface area contributed by atoms with E-state index in [1.54, 1.807) is 18.5 Å². The highest BCUT2D eigenvalue weighted by Gasteiger charge is 2.37. The number of aromatic nitrogens is 2. The SMILES string of the molecule is CSC1(CNc2c([N+](=O)[O-])nc(C)n2C)CCC1. The Hall–Kier alpha value is -1.24. The Labute approximate surface area is 110 Å². The molecule has 100 valence electrons. The molecule has 6 nitrogen and oxygen atoms in total. The molecule has 0 atom stereocenters. The lowest BCUT2D eigenvalue weighted by atomic mass is 9.84. The molecule has 2 rings (SSSR count). The fourth-order valence-electron chi connectivity index (χ4n) is 2.19. The fraction of sp³-hybridized carbons (Fsp3) is 0.727. The lowest BCUT2D eigenvalue weighted by molar-refractivity contribution is -0.388. The number of anilines is 1. The van der Waals surface area contributed by atoms with Gasteiger partial charge in [-0.05, 0) is 29.0 Å². The quantitative estimate of drug-likeness (QED) is 0.656. The topological polar surface area (TPSA) is 73.0 Å². The molecule has 1 saturated carbocycles. The van der Waals surface area contributed by atoms with E-state index in [1.807, 2.05) is 11.8 Å². The Morgan fingerprint density at radius 3 is 2.72 bits per heavy atom. The molecule has 0 aliphatic heterocycles. The minimum atomic E-state index is -0.429. The first-order valence-corrected chi connectivity index (χ1v) is 7.18. The molecule has 1 fully saturated rings. The summed E-state index contributed by atoms with van der Waals surface area (Å²) in [6.45, 7) is 2.53. The Morgan fingerprint density at radius 1 is 1.61 bits per heavy atom. The van der Waals surface area contributed by atoms with Gasteiger partial charge in [0.25, 0.3) is 0 Å². The van der Waals surface area contributed by atoms with Crippen molar-refractivity contribution in [1.82, 2.24) is 9.55 Å². The summed E-state index contributed by atoms with van der Waals surface area (Å²) < 4.78 is 1.98. The third-order valence-electron chi connectivity index (χ3n) is 3.75. The minimum absolute atomic E-state index is 0.0782. The summed E-state index contributed by atoms with van der Waals surface area (Å²) in [5.41, 5.74) is 0. The van der Waals surface area contributed by atoms with Crippen molar-refractivity contribution in [2.24, 2.45) is 7.05 Å². The summed E-state index contributed by atoms with van der Waals surface area (Å²) in [6.07, 6.45) is 5.69. The van der Waals surface area contributed by atoms with Gasteiger partial charge >= 0.3 is 5.82 Å². The van der Waals surface area contributed by atoms with Gasteiger partial charge in [0.2, 0.25) is 11.6 Å². The molecular weight excluding hydrogens is 252 g/mol. The fourth-order valence-corrected chi connectivity index (χ4v) is 3.10. The predicted molar refractivity (Wildman–Crippen MR) is 73.2 cm³/mol. The Kier molecular flexibility index (Phi) is 3.52. The van der Waals surface area contributed by atoms with Crippen LogP contribution in [0.1, 0.15) is 25.1 Å². The number of nitrogens with zero attached hydrogens (tertiary/aromatic N) is 3. The highest BCUT2D eigenvalue weighted by Crippen LogP contribution is 2.43. The summed E-state index contributed by atoms with van der Waals surface area (Å²) in [6, 6.07) is 0. The van der Waals surface area contributed by atoms with Crippen LogP contribution in [-0.4, -0.2) is 32.0 Å². The first-order valence-electron chi connectivity index (χ1n) is 5.96. The molecule has 0 amide bonds. The number of aryl methyl sites for hydroxylation is 1. The standard InChI is InChI=1S/C11H18N4O2S/c1-8-13-10(15(16)17)9(14(8)2)12-7-11(18-3)5-4-6-11/h12H,4-7H2,1-3H3. The smallest absolute Gasteiger partial charge is 0.363 e. The molecule has 1 N–H and O–H groups in total. The van der Waals surface area contributed by atoms with Crippen LogP contribution in [0.3, 0.4) is 0 Å². The van der Waals surface area contributed by atoms with Crippen LogP contribution in [0.15, 0.2) is 0 Å². The largest absolute Gasteiger partial charge is 0.406 e. The van der Waals surface area contributed by atoms with E-state index < -0.39 is 4.92 Å². The van der Waals surface area contributed by atoms with E-state index >= 15 is 0 Å². The van der Waals surface area contributed by atoms with Gasteiger partial charge in [0, 0.05) is 25.3 Å². The van der Waals surface area contributed by atoms with Gasteiger partial charge in [0.15, 0.2) is 0 Å². The maximum absolute atomic E-state index is 10.9. The molecule has 1 aliphatic rings. The molecule has 7 heteroatoms. The number of hydrogen-bond donors (Lipinski definition) is 1. The summed E-state index contributed by atoms with van der Waals surface area (Å²) in [7, 11) is 1.80. The van der Waals surface area contributed by atoms with Crippen molar-refractivity contribution in [2.75, 3.05) is 18.1 Å². The second-order valence-electron chi connectivity index (χ2n) is 4.74. The number of nitrogens with one attached hydrogen (secondary N) is 1. The van der Waals surface area contributed by atoms with Gasteiger partial charge in [-0.3, -0.25) is 4.57 Å². The van der Waals surface area contributed by atoms with Gasteiger partial charge < -0.3 is 15.4 Å². The molecule has 0 spiro atoms. The first kappa shape index (κ1) is 13.2. The van der Waals surface area contributed by atoms with Crippen molar-refractivity contribution in [1.29, 1.82) is 0 Å². The Morgan fingerprint density at radius 2 is 2.28 bits per heavy atom. The highest BCUT2D eigenvalue weighted by atomic mass is 32.2. The second kappa shape index (κ2) is 4.79. The third-order valence-corrected chi connectivity index (χ3v) is 5.17. The number of thioether (sulfide) groups is 1. The van der Waals surface area contributed by atoms with Crippen molar-refractivity contribution in [3.8, 4) is 0 Å². The summed E-state index contributed by atoms with van der Waals surface area (Å²) in [5.74, 6) is 1.08. The van der Waals surface area contributed by atoms with E-state index in [4.69, 9.17) is 0 Å². The van der Waals surface area contributed by atoms with Gasteiger partial charge in [0.1, 0.15) is 0 Å². The van der Waals surface area contributed by atoms with Crippen LogP contribution in [-0.2, 0) is 7.05 Å². The number of imidazole rings is 1. The van der Waals surface area contributed by atoms with Crippen molar-refractivity contribution < 1.29 is 4.92 Å². The number of rotatable bonds is 5. The zero-order valence-electron chi connectivity index (χ0n) is 10.9. The van der Waals surface area contributed by atoms with E-state index in [9.17, 15) is 10.1 Å². The predicted octanol–water partition coefficient (Wildman–Crippen LogP) is 2.33. The summed E-state index contributed by atoms with van der Waals surface area (Å²) >= 11 is 1.84. The number of nitro groups is 1. The van der Waals surface area contributed by atoms with E-state index in [2.05, 4.69) is 16.6 Å². The maximum atomic E-state index is 10.9. The van der Waals surface area contributed by atoms with E-state index in [-0.39, 0.29) is 10.6 Å². The van der Waals surface area contributed by atoms with Crippen LogP contribution < -0.4 is 5.32 Å². The molecular formula is C11H18N4O2S. The molecule has 0 aromatic carbocycles. The molecule has 18 heavy (non-hydrogen) atoms. The molecule has 0 radical (unpaired) electrons.